The van der Waals surface area contributed by atoms with E-state index in [0.29, 0.717) is 5.95 Å². The van der Waals surface area contributed by atoms with E-state index in [1.54, 1.807) is 18.0 Å². The van der Waals surface area contributed by atoms with E-state index in [4.69, 9.17) is 5.73 Å². The average molecular weight is 348 g/mol. The fraction of sp³-hybridized carbons (Fsp3) is 0.0556. The summed E-state index contributed by atoms with van der Waals surface area (Å²) in [5, 5.41) is 12.2. The van der Waals surface area contributed by atoms with E-state index >= 15 is 0 Å². The van der Waals surface area contributed by atoms with Gasteiger partial charge in [-0.1, -0.05) is 11.8 Å². The van der Waals surface area contributed by atoms with Crippen molar-refractivity contribution < 1.29 is 0 Å². The Morgan fingerprint density at radius 1 is 1.08 bits per heavy atom. The molecule has 2 aromatic carbocycles. The van der Waals surface area contributed by atoms with Crippen LogP contribution in [0.1, 0.15) is 5.56 Å². The Kier molecular flexibility index (Phi) is 3.99. The molecule has 0 unspecified atom stereocenters. The van der Waals surface area contributed by atoms with Crippen molar-refractivity contribution in [3.05, 3.63) is 60.4 Å². The van der Waals surface area contributed by atoms with Gasteiger partial charge in [-0.3, -0.25) is 5.10 Å². The molecule has 4 aromatic rings. The first-order chi connectivity index (χ1) is 12.2. The van der Waals surface area contributed by atoms with Crippen molar-refractivity contribution in [3.8, 4) is 0 Å². The zero-order valence-corrected chi connectivity index (χ0v) is 14.3. The van der Waals surface area contributed by atoms with E-state index in [1.807, 2.05) is 55.6 Å². The number of rotatable bonds is 4. The number of nitrogens with two attached hydrogens (primary N) is 1. The maximum absolute atomic E-state index is 5.74. The van der Waals surface area contributed by atoms with Crippen LogP contribution in [0.3, 0.4) is 0 Å². The number of fused-ring (bicyclic) bond motifs is 1. The zero-order chi connectivity index (χ0) is 17.2. The molecule has 0 bridgehead atoms. The summed E-state index contributed by atoms with van der Waals surface area (Å²) in [6.45, 7) is 2.00. The molecule has 4 rings (SSSR count). The van der Waals surface area contributed by atoms with Gasteiger partial charge in [0.25, 0.3) is 0 Å². The minimum absolute atomic E-state index is 0.561. The molecule has 25 heavy (non-hydrogen) atoms. The number of anilines is 3. The van der Waals surface area contributed by atoms with Crippen LogP contribution in [0.4, 0.5) is 17.3 Å². The summed E-state index contributed by atoms with van der Waals surface area (Å²) in [5.41, 5.74) is 9.43. The Labute approximate surface area is 148 Å². The molecule has 0 aliphatic heterocycles. The summed E-state index contributed by atoms with van der Waals surface area (Å²) in [4.78, 5) is 10.1. The first-order valence-corrected chi connectivity index (χ1v) is 8.56. The van der Waals surface area contributed by atoms with Crippen molar-refractivity contribution in [3.63, 3.8) is 0 Å². The molecule has 0 aliphatic rings. The van der Waals surface area contributed by atoms with Crippen LogP contribution in [0.15, 0.2) is 64.8 Å². The van der Waals surface area contributed by atoms with Gasteiger partial charge in [0.2, 0.25) is 5.95 Å². The molecule has 6 nitrogen and oxygen atoms in total. The highest BCUT2D eigenvalue weighted by Gasteiger charge is 2.07. The van der Waals surface area contributed by atoms with Crippen molar-refractivity contribution in [1.82, 2.24) is 20.2 Å². The standard InChI is InChI=1S/C18H16N6S/c1-11-9-20-18(22-14-4-7-16-12(8-14)10-21-24-16)23-17(11)25-15-5-2-13(19)3-6-15/h2-10H,19H2,1H3,(H,21,24)(H,20,22,23). The van der Waals surface area contributed by atoms with Crippen molar-refractivity contribution in [1.29, 1.82) is 0 Å². The molecule has 0 amide bonds. The highest BCUT2D eigenvalue weighted by Crippen LogP contribution is 2.30. The topological polar surface area (TPSA) is 92.5 Å². The van der Waals surface area contributed by atoms with Crippen molar-refractivity contribution >= 4 is 40.0 Å². The maximum atomic E-state index is 5.74. The Balaban J connectivity index is 1.58. The number of aromatic nitrogens is 4. The fourth-order valence-corrected chi connectivity index (χ4v) is 3.23. The first kappa shape index (κ1) is 15.5. The number of hydrogen-bond donors (Lipinski definition) is 3. The maximum Gasteiger partial charge on any atom is 0.228 e. The van der Waals surface area contributed by atoms with Crippen LogP contribution in [0.5, 0.6) is 0 Å². The van der Waals surface area contributed by atoms with Crippen LogP contribution in [0, 0.1) is 6.92 Å². The largest absolute Gasteiger partial charge is 0.399 e. The van der Waals surface area contributed by atoms with Crippen LogP contribution in [-0.2, 0) is 0 Å². The Morgan fingerprint density at radius 3 is 2.76 bits per heavy atom. The molecule has 0 radical (unpaired) electrons. The molecule has 7 heteroatoms. The number of benzene rings is 2. The van der Waals surface area contributed by atoms with Gasteiger partial charge in [0.05, 0.1) is 11.7 Å². The summed E-state index contributed by atoms with van der Waals surface area (Å²) in [6.07, 6.45) is 3.62. The van der Waals surface area contributed by atoms with Gasteiger partial charge in [-0.05, 0) is 49.4 Å². The van der Waals surface area contributed by atoms with Crippen LogP contribution < -0.4 is 11.1 Å². The lowest BCUT2D eigenvalue weighted by Gasteiger charge is -2.09. The van der Waals surface area contributed by atoms with Crippen LogP contribution in [0.2, 0.25) is 0 Å². The second-order valence-electron chi connectivity index (χ2n) is 5.65. The number of hydrogen-bond acceptors (Lipinski definition) is 6. The molecule has 0 fully saturated rings. The minimum atomic E-state index is 0.561. The quantitative estimate of drug-likeness (QED) is 0.379. The van der Waals surface area contributed by atoms with Crippen molar-refractivity contribution in [2.75, 3.05) is 11.1 Å². The number of aryl methyl sites for hydroxylation is 1. The van der Waals surface area contributed by atoms with Crippen LogP contribution >= 0.6 is 11.8 Å². The molecule has 4 N–H and O–H groups in total. The first-order valence-electron chi connectivity index (χ1n) is 7.74. The van der Waals surface area contributed by atoms with Gasteiger partial charge in [-0.25, -0.2) is 9.97 Å². The van der Waals surface area contributed by atoms with Crippen molar-refractivity contribution in [2.45, 2.75) is 16.8 Å². The molecule has 0 aliphatic carbocycles. The summed E-state index contributed by atoms with van der Waals surface area (Å²) in [5.74, 6) is 0.561. The van der Waals surface area contributed by atoms with Crippen LogP contribution in [-0.4, -0.2) is 20.2 Å². The van der Waals surface area contributed by atoms with E-state index < -0.39 is 0 Å². The van der Waals surface area contributed by atoms with Gasteiger partial charge in [-0.15, -0.1) is 0 Å². The predicted octanol–water partition coefficient (Wildman–Crippen LogP) is 4.14. The lowest BCUT2D eigenvalue weighted by molar-refractivity contribution is 1.01. The highest BCUT2D eigenvalue weighted by molar-refractivity contribution is 7.99. The summed E-state index contributed by atoms with van der Waals surface area (Å²) in [7, 11) is 0. The normalized spacial score (nSPS) is 10.9. The monoisotopic (exact) mass is 348 g/mol. The molecule has 2 heterocycles. The van der Waals surface area contributed by atoms with Crippen molar-refractivity contribution in [2.24, 2.45) is 0 Å². The molecular weight excluding hydrogens is 332 g/mol. The predicted molar refractivity (Wildman–Crippen MR) is 101 cm³/mol. The summed E-state index contributed by atoms with van der Waals surface area (Å²) >= 11 is 1.59. The van der Waals surface area contributed by atoms with E-state index in [0.717, 1.165) is 37.8 Å². The molecule has 0 atom stereocenters. The second-order valence-corrected chi connectivity index (χ2v) is 6.71. The average Bonchev–Trinajstić information content (AvgIpc) is 3.07. The number of H-pyrrole nitrogens is 1. The number of aromatic amines is 1. The molecule has 0 spiro atoms. The summed E-state index contributed by atoms with van der Waals surface area (Å²) in [6, 6.07) is 13.7. The van der Waals surface area contributed by atoms with Gasteiger partial charge in [-0.2, -0.15) is 5.10 Å². The number of nitrogen functional groups attached to an aromatic ring is 1. The number of nitrogens with zero attached hydrogens (tertiary/aromatic N) is 3. The van der Waals surface area contributed by atoms with Gasteiger partial charge in [0, 0.05) is 33.4 Å². The number of nitrogens with one attached hydrogen (secondary N) is 2. The lowest BCUT2D eigenvalue weighted by atomic mass is 10.2. The molecule has 0 saturated carbocycles. The van der Waals surface area contributed by atoms with Gasteiger partial charge >= 0.3 is 0 Å². The summed E-state index contributed by atoms with van der Waals surface area (Å²) < 4.78 is 0. The van der Waals surface area contributed by atoms with E-state index in [9.17, 15) is 0 Å². The zero-order valence-electron chi connectivity index (χ0n) is 13.5. The van der Waals surface area contributed by atoms with Gasteiger partial charge < -0.3 is 11.1 Å². The fourth-order valence-electron chi connectivity index (χ4n) is 2.39. The van der Waals surface area contributed by atoms with E-state index in [2.05, 4.69) is 25.5 Å². The minimum Gasteiger partial charge on any atom is -0.399 e. The molecule has 2 aromatic heterocycles. The SMILES string of the molecule is Cc1cnc(Nc2ccc3[nH]ncc3c2)nc1Sc1ccc(N)cc1. The third-order valence-corrected chi connectivity index (χ3v) is 4.83. The Morgan fingerprint density at radius 2 is 1.92 bits per heavy atom. The van der Waals surface area contributed by atoms with E-state index in [-0.39, 0.29) is 0 Å². The van der Waals surface area contributed by atoms with Gasteiger partial charge in [0.1, 0.15) is 5.03 Å². The second kappa shape index (κ2) is 6.45. The third kappa shape index (κ3) is 3.41. The third-order valence-electron chi connectivity index (χ3n) is 3.72. The van der Waals surface area contributed by atoms with Gasteiger partial charge in [0.15, 0.2) is 0 Å². The highest BCUT2D eigenvalue weighted by atomic mass is 32.2. The Bertz CT molecular complexity index is 1030. The van der Waals surface area contributed by atoms with Crippen LogP contribution in [0.25, 0.3) is 10.9 Å². The lowest BCUT2D eigenvalue weighted by Crippen LogP contribution is -1.99. The molecule has 124 valence electrons. The van der Waals surface area contributed by atoms with E-state index in [1.165, 1.54) is 0 Å². The molecular formula is C18H16N6S. The molecule has 0 saturated heterocycles. The smallest absolute Gasteiger partial charge is 0.228 e. The Hall–Kier alpha value is -3.06.